The van der Waals surface area contributed by atoms with Crippen LogP contribution < -0.4 is 0 Å². The van der Waals surface area contributed by atoms with E-state index >= 15 is 0 Å². The first kappa shape index (κ1) is 14.7. The van der Waals surface area contributed by atoms with Gasteiger partial charge in [0.2, 0.25) is 5.89 Å². The fourth-order valence-corrected chi connectivity index (χ4v) is 2.91. The summed E-state index contributed by atoms with van der Waals surface area (Å²) in [7, 11) is 0. The predicted octanol–water partition coefficient (Wildman–Crippen LogP) is 4.25. The van der Waals surface area contributed by atoms with E-state index in [-0.39, 0.29) is 12.0 Å². The van der Waals surface area contributed by atoms with Crippen LogP contribution in [0.4, 0.5) is 0 Å². The molecular formula is C14H18ClNO2S. The van der Waals surface area contributed by atoms with Crippen LogP contribution in [0.1, 0.15) is 33.1 Å². The number of rotatable bonds is 4. The molecule has 0 saturated heterocycles. The van der Waals surface area contributed by atoms with E-state index < -0.39 is 0 Å². The Balaban J connectivity index is 2.43. The van der Waals surface area contributed by atoms with Gasteiger partial charge in [0.05, 0.1) is 9.92 Å². The maximum atomic E-state index is 8.86. The molecular weight excluding hydrogens is 282 g/mol. The van der Waals surface area contributed by atoms with Gasteiger partial charge in [0.15, 0.2) is 5.58 Å². The maximum Gasteiger partial charge on any atom is 0.200 e. The molecule has 2 rings (SSSR count). The van der Waals surface area contributed by atoms with E-state index in [4.69, 9.17) is 21.1 Å². The molecule has 0 spiro atoms. The highest BCUT2D eigenvalue weighted by molar-refractivity contribution is 7.99. The van der Waals surface area contributed by atoms with Crippen molar-refractivity contribution in [1.29, 1.82) is 0 Å². The Morgan fingerprint density at radius 2 is 2.11 bits per heavy atom. The lowest BCUT2D eigenvalue weighted by Crippen LogP contribution is -2.10. The van der Waals surface area contributed by atoms with Crippen LogP contribution in [0, 0.1) is 0 Å². The van der Waals surface area contributed by atoms with E-state index in [1.54, 1.807) is 11.8 Å². The molecule has 5 heteroatoms. The molecule has 1 heterocycles. The third kappa shape index (κ3) is 3.25. The number of thioether (sulfide) groups is 1. The third-order valence-corrected chi connectivity index (χ3v) is 4.27. The molecule has 0 radical (unpaired) electrons. The van der Waals surface area contributed by atoms with E-state index in [1.165, 1.54) is 0 Å². The third-order valence-electron chi connectivity index (χ3n) is 2.65. The fraction of sp³-hybridized carbons (Fsp3) is 0.500. The van der Waals surface area contributed by atoms with Gasteiger partial charge in [-0.2, -0.15) is 0 Å². The van der Waals surface area contributed by atoms with Gasteiger partial charge in [0, 0.05) is 17.8 Å². The normalized spacial score (nSPS) is 12.3. The summed E-state index contributed by atoms with van der Waals surface area (Å²) in [6.07, 6.45) is 0.734. The van der Waals surface area contributed by atoms with Gasteiger partial charge >= 0.3 is 0 Å². The second-order valence-electron chi connectivity index (χ2n) is 5.42. The lowest BCUT2D eigenvalue weighted by atomic mass is 9.97. The van der Waals surface area contributed by atoms with Crippen LogP contribution >= 0.6 is 23.4 Å². The minimum Gasteiger partial charge on any atom is -0.439 e. The van der Waals surface area contributed by atoms with Crippen molar-refractivity contribution in [2.24, 2.45) is 0 Å². The Morgan fingerprint density at radius 1 is 1.37 bits per heavy atom. The van der Waals surface area contributed by atoms with Crippen LogP contribution in [0.25, 0.3) is 11.1 Å². The first-order valence-electron chi connectivity index (χ1n) is 6.26. The summed E-state index contributed by atoms with van der Waals surface area (Å²) in [6.45, 7) is 6.39. The average Bonchev–Trinajstić information content (AvgIpc) is 2.76. The standard InChI is InChI=1S/C14H18ClNO2S/c1-14(2,3)13-16-10-6-5-9(15)12(11(10)18-13)19-8-4-7-17/h5-6,17H,4,7-8H2,1-3H3. The van der Waals surface area contributed by atoms with Gasteiger partial charge in [-0.15, -0.1) is 11.8 Å². The first-order valence-corrected chi connectivity index (χ1v) is 7.63. The van der Waals surface area contributed by atoms with Crippen LogP contribution in [0.2, 0.25) is 5.02 Å². The van der Waals surface area contributed by atoms with Crippen molar-refractivity contribution in [2.75, 3.05) is 12.4 Å². The molecule has 1 aromatic carbocycles. The largest absolute Gasteiger partial charge is 0.439 e. The lowest BCUT2D eigenvalue weighted by Gasteiger charge is -2.11. The van der Waals surface area contributed by atoms with E-state index in [1.807, 2.05) is 12.1 Å². The Hall–Kier alpha value is -0.710. The van der Waals surface area contributed by atoms with Crippen molar-refractivity contribution in [3.05, 3.63) is 23.0 Å². The molecule has 1 aromatic heterocycles. The minimum atomic E-state index is -0.126. The van der Waals surface area contributed by atoms with Gasteiger partial charge in [-0.1, -0.05) is 32.4 Å². The molecule has 0 unspecified atom stereocenters. The number of aliphatic hydroxyl groups excluding tert-OH is 1. The maximum absolute atomic E-state index is 8.86. The van der Waals surface area contributed by atoms with E-state index in [2.05, 4.69) is 25.8 Å². The molecule has 0 aliphatic carbocycles. The summed E-state index contributed by atoms with van der Waals surface area (Å²) in [6, 6.07) is 3.73. The number of halogens is 1. The molecule has 3 nitrogen and oxygen atoms in total. The summed E-state index contributed by atoms with van der Waals surface area (Å²) in [5, 5.41) is 9.53. The molecule has 0 fully saturated rings. The number of aromatic nitrogens is 1. The van der Waals surface area contributed by atoms with Crippen molar-refractivity contribution >= 4 is 34.5 Å². The second-order valence-corrected chi connectivity index (χ2v) is 6.93. The molecule has 0 amide bonds. The number of nitrogens with zero attached hydrogens (tertiary/aromatic N) is 1. The fourth-order valence-electron chi connectivity index (χ4n) is 1.64. The monoisotopic (exact) mass is 299 g/mol. The van der Waals surface area contributed by atoms with Gasteiger partial charge < -0.3 is 9.52 Å². The number of oxazole rings is 1. The second kappa shape index (κ2) is 5.73. The molecule has 0 aliphatic rings. The highest BCUT2D eigenvalue weighted by atomic mass is 35.5. The zero-order valence-electron chi connectivity index (χ0n) is 11.4. The summed E-state index contributed by atoms with van der Waals surface area (Å²) in [4.78, 5) is 5.44. The Morgan fingerprint density at radius 3 is 2.74 bits per heavy atom. The Kier molecular flexibility index (Phi) is 4.43. The number of benzene rings is 1. The first-order chi connectivity index (χ1) is 8.93. The number of hydrogen-bond acceptors (Lipinski definition) is 4. The highest BCUT2D eigenvalue weighted by Crippen LogP contribution is 2.37. The summed E-state index contributed by atoms with van der Waals surface area (Å²) in [5.41, 5.74) is 1.46. The molecule has 19 heavy (non-hydrogen) atoms. The molecule has 104 valence electrons. The summed E-state index contributed by atoms with van der Waals surface area (Å²) in [5.74, 6) is 1.52. The number of fused-ring (bicyclic) bond motifs is 1. The molecule has 1 N–H and O–H groups in total. The van der Waals surface area contributed by atoms with Crippen LogP contribution in [0.15, 0.2) is 21.4 Å². The summed E-state index contributed by atoms with van der Waals surface area (Å²) >= 11 is 7.83. The topological polar surface area (TPSA) is 46.3 Å². The van der Waals surface area contributed by atoms with Gasteiger partial charge in [-0.25, -0.2) is 4.98 Å². The van der Waals surface area contributed by atoms with Crippen LogP contribution in [0.3, 0.4) is 0 Å². The van der Waals surface area contributed by atoms with E-state index in [0.717, 1.165) is 28.2 Å². The number of aliphatic hydroxyl groups is 1. The van der Waals surface area contributed by atoms with E-state index in [0.29, 0.717) is 10.9 Å². The lowest BCUT2D eigenvalue weighted by molar-refractivity contribution is 0.296. The quantitative estimate of drug-likeness (QED) is 0.677. The molecule has 0 bridgehead atoms. The van der Waals surface area contributed by atoms with Crippen LogP contribution in [-0.4, -0.2) is 22.5 Å². The van der Waals surface area contributed by atoms with Gasteiger partial charge in [-0.05, 0) is 18.6 Å². The van der Waals surface area contributed by atoms with Crippen molar-refractivity contribution in [3.8, 4) is 0 Å². The van der Waals surface area contributed by atoms with Crippen molar-refractivity contribution < 1.29 is 9.52 Å². The molecule has 2 aromatic rings. The van der Waals surface area contributed by atoms with Crippen LogP contribution in [0.5, 0.6) is 0 Å². The van der Waals surface area contributed by atoms with Crippen molar-refractivity contribution in [1.82, 2.24) is 4.98 Å². The molecule has 0 saturated carbocycles. The Labute approximate surface area is 122 Å². The predicted molar refractivity (Wildman–Crippen MR) is 80.1 cm³/mol. The summed E-state index contributed by atoms with van der Waals surface area (Å²) < 4.78 is 5.90. The van der Waals surface area contributed by atoms with E-state index in [9.17, 15) is 0 Å². The van der Waals surface area contributed by atoms with Gasteiger partial charge in [0.25, 0.3) is 0 Å². The van der Waals surface area contributed by atoms with Gasteiger partial charge in [0.1, 0.15) is 5.52 Å². The Bertz CT molecular complexity index is 575. The molecule has 0 atom stereocenters. The molecule has 0 aliphatic heterocycles. The van der Waals surface area contributed by atoms with Gasteiger partial charge in [-0.3, -0.25) is 0 Å². The van der Waals surface area contributed by atoms with Crippen molar-refractivity contribution in [2.45, 2.75) is 37.5 Å². The average molecular weight is 300 g/mol. The zero-order valence-corrected chi connectivity index (χ0v) is 12.9. The van der Waals surface area contributed by atoms with Crippen LogP contribution in [-0.2, 0) is 5.41 Å². The smallest absolute Gasteiger partial charge is 0.200 e. The SMILES string of the molecule is CC(C)(C)c1nc2ccc(Cl)c(SCCCO)c2o1. The minimum absolute atomic E-state index is 0.126. The number of hydrogen-bond donors (Lipinski definition) is 1. The highest BCUT2D eigenvalue weighted by Gasteiger charge is 2.22. The van der Waals surface area contributed by atoms with Crippen molar-refractivity contribution in [3.63, 3.8) is 0 Å². The zero-order chi connectivity index (χ0) is 14.0.